The van der Waals surface area contributed by atoms with Gasteiger partial charge in [-0.3, -0.25) is 20.0 Å². The van der Waals surface area contributed by atoms with Gasteiger partial charge in [0.25, 0.3) is 0 Å². The summed E-state index contributed by atoms with van der Waals surface area (Å²) in [5.74, 6) is -0.789. The monoisotopic (exact) mass is 448 g/mol. The predicted octanol–water partition coefficient (Wildman–Crippen LogP) is 1.39. The topological polar surface area (TPSA) is 199 Å². The quantitative estimate of drug-likeness (QED) is 0.253. The van der Waals surface area contributed by atoms with Gasteiger partial charge in [-0.25, -0.2) is 4.79 Å². The molecule has 32 heavy (non-hydrogen) atoms. The lowest BCUT2D eigenvalue weighted by molar-refractivity contribution is -0.194. The first-order valence-corrected chi connectivity index (χ1v) is 10.7. The van der Waals surface area contributed by atoms with Gasteiger partial charge in [-0.2, -0.15) is 0 Å². The molecule has 3 rings (SSSR count). The Bertz CT molecular complexity index is 791. The number of pyridine rings is 1. The van der Waals surface area contributed by atoms with Gasteiger partial charge in [-0.15, -0.1) is 0 Å². The molecule has 0 radical (unpaired) electrons. The normalized spacial score (nSPS) is 21.1. The third kappa shape index (κ3) is 6.16. The van der Waals surface area contributed by atoms with Crippen molar-refractivity contribution in [1.29, 1.82) is 5.41 Å². The molecule has 1 unspecified atom stereocenters. The molecule has 1 aromatic heterocycles. The molecule has 1 aliphatic heterocycles. The Balaban J connectivity index is 0.000000258. The molecule has 0 bridgehead atoms. The minimum atomic E-state index is -1.30. The summed E-state index contributed by atoms with van der Waals surface area (Å²) in [6.07, 6.45) is 7.50. The van der Waals surface area contributed by atoms with Crippen molar-refractivity contribution in [2.75, 3.05) is 13.1 Å². The van der Waals surface area contributed by atoms with Crippen LogP contribution in [0.25, 0.3) is 0 Å². The highest BCUT2D eigenvalue weighted by molar-refractivity contribution is 5.95. The predicted molar refractivity (Wildman–Crippen MR) is 117 cm³/mol. The van der Waals surface area contributed by atoms with Crippen LogP contribution < -0.4 is 17.2 Å². The number of amidine groups is 1. The van der Waals surface area contributed by atoms with Crippen LogP contribution in [-0.4, -0.2) is 57.6 Å². The van der Waals surface area contributed by atoms with E-state index < -0.39 is 17.8 Å². The maximum atomic E-state index is 12.1. The summed E-state index contributed by atoms with van der Waals surface area (Å²) in [7, 11) is 0. The number of nitrogen functional groups attached to an aromatic ring is 1. The highest BCUT2D eigenvalue weighted by atomic mass is 16.7. The van der Waals surface area contributed by atoms with E-state index in [-0.39, 0.29) is 24.2 Å². The highest BCUT2D eigenvalue weighted by Gasteiger charge is 2.50. The van der Waals surface area contributed by atoms with E-state index in [0.29, 0.717) is 24.2 Å². The van der Waals surface area contributed by atoms with E-state index in [1.807, 2.05) is 0 Å². The van der Waals surface area contributed by atoms with E-state index >= 15 is 0 Å². The minimum Gasteiger partial charge on any atom is -0.450 e. The van der Waals surface area contributed by atoms with Gasteiger partial charge in [0.15, 0.2) is 5.72 Å². The number of piperidine rings is 1. The van der Waals surface area contributed by atoms with Crippen molar-refractivity contribution in [3.8, 4) is 0 Å². The zero-order valence-electron chi connectivity index (χ0n) is 18.1. The molecule has 2 amide bonds. The number of amides is 2. The van der Waals surface area contributed by atoms with Gasteiger partial charge in [0.2, 0.25) is 11.8 Å². The van der Waals surface area contributed by atoms with Crippen LogP contribution in [-0.2, 0) is 9.53 Å². The Kier molecular flexibility index (Phi) is 8.94. The van der Waals surface area contributed by atoms with Crippen molar-refractivity contribution in [2.24, 2.45) is 23.1 Å². The van der Waals surface area contributed by atoms with Crippen LogP contribution in [0.2, 0.25) is 0 Å². The third-order valence-electron chi connectivity index (χ3n) is 5.93. The Morgan fingerprint density at radius 2 is 1.84 bits per heavy atom. The molecule has 2 heterocycles. The molecular weight excluding hydrogens is 416 g/mol. The summed E-state index contributed by atoms with van der Waals surface area (Å²) >= 11 is 0. The summed E-state index contributed by atoms with van der Waals surface area (Å²) in [6, 6.07) is 2.95. The van der Waals surface area contributed by atoms with E-state index in [0.717, 1.165) is 38.5 Å². The lowest BCUT2D eigenvalue weighted by Gasteiger charge is -2.50. The number of rotatable bonds is 5. The molecule has 8 N–H and O–H groups in total. The molecule has 176 valence electrons. The number of carboxylic acid groups (broad SMARTS) is 1. The number of nitrogens with one attached hydrogen (secondary N) is 1. The molecule has 11 heteroatoms. The molecule has 0 spiro atoms. The Hall–Kier alpha value is -3.21. The largest absolute Gasteiger partial charge is 0.507 e. The lowest BCUT2D eigenvalue weighted by atomic mass is 9.76. The molecule has 11 nitrogen and oxygen atoms in total. The first-order chi connectivity index (χ1) is 15.2. The maximum absolute atomic E-state index is 12.1. The Morgan fingerprint density at radius 1 is 1.16 bits per heavy atom. The van der Waals surface area contributed by atoms with Crippen molar-refractivity contribution in [2.45, 2.75) is 57.1 Å². The molecule has 1 aromatic rings. The van der Waals surface area contributed by atoms with Crippen LogP contribution in [0.15, 0.2) is 18.3 Å². The fraction of sp³-hybridized carbons (Fsp3) is 0.571. The van der Waals surface area contributed by atoms with Gasteiger partial charge in [-0.1, -0.05) is 19.3 Å². The smallest absolute Gasteiger partial charge is 0.450 e. The molecule has 2 fully saturated rings. The summed E-state index contributed by atoms with van der Waals surface area (Å²) < 4.78 is 5.32. The highest BCUT2D eigenvalue weighted by Crippen LogP contribution is 2.43. The van der Waals surface area contributed by atoms with Gasteiger partial charge in [0, 0.05) is 25.1 Å². The van der Waals surface area contributed by atoms with Crippen molar-refractivity contribution < 1.29 is 24.2 Å². The second-order valence-corrected chi connectivity index (χ2v) is 7.96. The number of likely N-dealkylation sites (tertiary alicyclic amines) is 1. The standard InChI is InChI=1S/C14H24N2O4.C7H8N4O/c15-10-12(17)16-9-5-4-8-14(16,20-13(18)19)11-6-2-1-3-7-11;8-6(9)5-2-1-4(3-11-5)7(10)12/h11H,1-10,15H2,(H,18,19);1-3H,(H3,8,9)(H2,10,12). The molecule has 1 atom stereocenters. The van der Waals surface area contributed by atoms with Crippen LogP contribution >= 0.6 is 0 Å². The van der Waals surface area contributed by atoms with Crippen molar-refractivity contribution in [1.82, 2.24) is 9.88 Å². The van der Waals surface area contributed by atoms with Gasteiger partial charge < -0.3 is 31.9 Å². The van der Waals surface area contributed by atoms with E-state index in [2.05, 4.69) is 4.98 Å². The second kappa shape index (κ2) is 11.4. The lowest BCUT2D eigenvalue weighted by Crippen LogP contribution is -2.62. The summed E-state index contributed by atoms with van der Waals surface area (Å²) in [5, 5.41) is 16.2. The number of aromatic nitrogens is 1. The number of nitrogens with two attached hydrogens (primary N) is 3. The van der Waals surface area contributed by atoms with Crippen molar-refractivity contribution >= 4 is 23.8 Å². The number of carbonyl (C=O) groups is 3. The average molecular weight is 449 g/mol. The summed E-state index contributed by atoms with van der Waals surface area (Å²) in [4.78, 5) is 39.2. The van der Waals surface area contributed by atoms with Crippen molar-refractivity contribution in [3.05, 3.63) is 29.6 Å². The molecule has 0 aromatic carbocycles. The average Bonchev–Trinajstić information content (AvgIpc) is 2.79. The Morgan fingerprint density at radius 3 is 2.34 bits per heavy atom. The zero-order chi connectivity index (χ0) is 23.7. The molecule has 2 aliphatic rings. The van der Waals surface area contributed by atoms with Crippen LogP contribution in [0.4, 0.5) is 4.79 Å². The fourth-order valence-electron chi connectivity index (χ4n) is 4.44. The van der Waals surface area contributed by atoms with Gasteiger partial charge in [0.05, 0.1) is 12.1 Å². The van der Waals surface area contributed by atoms with Crippen LogP contribution in [0, 0.1) is 11.3 Å². The van der Waals surface area contributed by atoms with Crippen LogP contribution in [0.3, 0.4) is 0 Å². The number of ether oxygens (including phenoxy) is 1. The van der Waals surface area contributed by atoms with E-state index in [1.54, 1.807) is 4.90 Å². The summed E-state index contributed by atoms with van der Waals surface area (Å²) in [5.41, 5.74) is 15.3. The number of nitrogens with zero attached hydrogens (tertiary/aromatic N) is 2. The molecule has 1 saturated carbocycles. The Labute approximate surface area is 186 Å². The number of carbonyl (C=O) groups excluding carboxylic acids is 2. The molecular formula is C21H32N6O5. The van der Waals surface area contributed by atoms with E-state index in [9.17, 15) is 14.4 Å². The van der Waals surface area contributed by atoms with E-state index in [4.69, 9.17) is 32.5 Å². The SMILES string of the molecule is N=C(N)c1ccc(C(N)=O)cn1.NCC(=O)N1CCCCC1(OC(=O)O)C1CCCCC1. The first kappa shape index (κ1) is 25.1. The second-order valence-electron chi connectivity index (χ2n) is 7.96. The minimum absolute atomic E-state index is 0.0998. The first-order valence-electron chi connectivity index (χ1n) is 10.7. The number of hydrogen-bond acceptors (Lipinski definition) is 7. The third-order valence-corrected chi connectivity index (χ3v) is 5.93. The fourth-order valence-corrected chi connectivity index (χ4v) is 4.44. The van der Waals surface area contributed by atoms with Crippen LogP contribution in [0.1, 0.15) is 67.4 Å². The van der Waals surface area contributed by atoms with E-state index in [1.165, 1.54) is 24.8 Å². The van der Waals surface area contributed by atoms with Gasteiger partial charge in [0.1, 0.15) is 11.5 Å². The van der Waals surface area contributed by atoms with Crippen LogP contribution in [0.5, 0.6) is 0 Å². The number of hydrogen-bond donors (Lipinski definition) is 5. The van der Waals surface area contributed by atoms with Gasteiger partial charge >= 0.3 is 6.16 Å². The summed E-state index contributed by atoms with van der Waals surface area (Å²) in [6.45, 7) is 0.442. The molecule has 1 saturated heterocycles. The number of primary amides is 1. The molecule has 1 aliphatic carbocycles. The van der Waals surface area contributed by atoms with Gasteiger partial charge in [-0.05, 0) is 37.8 Å². The zero-order valence-corrected chi connectivity index (χ0v) is 18.1. The maximum Gasteiger partial charge on any atom is 0.507 e. The van der Waals surface area contributed by atoms with Crippen molar-refractivity contribution in [3.63, 3.8) is 0 Å².